The Labute approximate surface area is 123 Å². The molecule has 0 spiro atoms. The first-order valence-corrected chi connectivity index (χ1v) is 7.36. The summed E-state index contributed by atoms with van der Waals surface area (Å²) in [6, 6.07) is 10.8. The van der Waals surface area contributed by atoms with E-state index in [0.29, 0.717) is 12.6 Å². The van der Waals surface area contributed by atoms with E-state index >= 15 is 0 Å². The number of rotatable bonds is 8. The fraction of sp³-hybridized carbons (Fsp3) is 0.588. The quantitative estimate of drug-likeness (QED) is 0.777. The van der Waals surface area contributed by atoms with Gasteiger partial charge in [-0.25, -0.2) is 0 Å². The number of hydrogen-bond acceptors (Lipinski definition) is 3. The topological polar surface area (TPSA) is 45.0 Å². The monoisotopic (exact) mass is 274 g/mol. The third kappa shape index (κ3) is 5.63. The van der Waals surface area contributed by atoms with Crippen molar-refractivity contribution in [3.63, 3.8) is 0 Å². The van der Waals surface area contributed by atoms with Crippen molar-refractivity contribution in [2.45, 2.75) is 46.6 Å². The molecule has 0 aromatic heterocycles. The lowest BCUT2D eigenvalue weighted by Crippen LogP contribution is -2.19. The minimum atomic E-state index is -0.321. The van der Waals surface area contributed by atoms with Gasteiger partial charge in [0.05, 0.1) is 18.1 Å². The zero-order valence-electron chi connectivity index (χ0n) is 13.1. The molecule has 0 bridgehead atoms. The molecule has 0 heterocycles. The molecule has 0 aliphatic heterocycles. The second-order valence-electron chi connectivity index (χ2n) is 5.84. The highest BCUT2D eigenvalue weighted by Gasteiger charge is 2.16. The van der Waals surface area contributed by atoms with E-state index in [1.165, 1.54) is 5.56 Å². The van der Waals surface area contributed by atoms with Crippen LogP contribution in [0.15, 0.2) is 24.3 Å². The maximum Gasteiger partial charge on any atom is 0.119 e. The van der Waals surface area contributed by atoms with Crippen LogP contribution < -0.4 is 10.1 Å². The van der Waals surface area contributed by atoms with Crippen LogP contribution in [0.1, 0.15) is 52.1 Å². The van der Waals surface area contributed by atoms with Crippen LogP contribution in [-0.4, -0.2) is 13.2 Å². The highest BCUT2D eigenvalue weighted by Crippen LogP contribution is 2.21. The van der Waals surface area contributed by atoms with Crippen molar-refractivity contribution in [1.29, 1.82) is 5.26 Å². The Bertz CT molecular complexity index is 431. The predicted octanol–water partition coefficient (Wildman–Crippen LogP) is 4.07. The third-order valence-electron chi connectivity index (χ3n) is 3.38. The molecular weight excluding hydrogens is 248 g/mol. The molecule has 1 rings (SSSR count). The Morgan fingerprint density at radius 1 is 1.30 bits per heavy atom. The lowest BCUT2D eigenvalue weighted by atomic mass is 9.92. The summed E-state index contributed by atoms with van der Waals surface area (Å²) >= 11 is 0. The molecule has 1 unspecified atom stereocenters. The van der Waals surface area contributed by atoms with E-state index in [0.717, 1.165) is 25.1 Å². The summed E-state index contributed by atoms with van der Waals surface area (Å²) in [5.74, 6) is 0.866. The van der Waals surface area contributed by atoms with Crippen LogP contribution in [0.4, 0.5) is 0 Å². The van der Waals surface area contributed by atoms with Crippen molar-refractivity contribution in [2.75, 3.05) is 13.2 Å². The number of benzene rings is 1. The molecule has 0 fully saturated rings. The van der Waals surface area contributed by atoms with Crippen LogP contribution >= 0.6 is 0 Å². The zero-order chi connectivity index (χ0) is 15.0. The highest BCUT2D eigenvalue weighted by molar-refractivity contribution is 5.28. The molecule has 0 saturated carbocycles. The van der Waals surface area contributed by atoms with Crippen molar-refractivity contribution >= 4 is 0 Å². The van der Waals surface area contributed by atoms with Gasteiger partial charge in [-0.1, -0.05) is 19.1 Å². The summed E-state index contributed by atoms with van der Waals surface area (Å²) < 4.78 is 5.69. The largest absolute Gasteiger partial charge is 0.494 e. The molecule has 110 valence electrons. The second-order valence-corrected chi connectivity index (χ2v) is 5.84. The van der Waals surface area contributed by atoms with Crippen LogP contribution in [0.25, 0.3) is 0 Å². The fourth-order valence-corrected chi connectivity index (χ4v) is 1.81. The Hall–Kier alpha value is -1.53. The van der Waals surface area contributed by atoms with E-state index in [-0.39, 0.29) is 5.41 Å². The average molecular weight is 274 g/mol. The maximum atomic E-state index is 8.95. The van der Waals surface area contributed by atoms with Crippen LogP contribution in [0, 0.1) is 16.7 Å². The van der Waals surface area contributed by atoms with Crippen molar-refractivity contribution in [1.82, 2.24) is 5.32 Å². The van der Waals surface area contributed by atoms with Gasteiger partial charge in [0.15, 0.2) is 0 Å². The van der Waals surface area contributed by atoms with E-state index < -0.39 is 0 Å². The average Bonchev–Trinajstić information content (AvgIpc) is 2.45. The summed E-state index contributed by atoms with van der Waals surface area (Å²) in [6.07, 6.45) is 1.87. The summed E-state index contributed by atoms with van der Waals surface area (Å²) in [5, 5.41) is 12.4. The van der Waals surface area contributed by atoms with Gasteiger partial charge >= 0.3 is 0 Å². The minimum absolute atomic E-state index is 0.321. The molecule has 0 aliphatic carbocycles. The molecule has 1 N–H and O–H groups in total. The van der Waals surface area contributed by atoms with E-state index in [9.17, 15) is 0 Å². The van der Waals surface area contributed by atoms with Gasteiger partial charge in [-0.2, -0.15) is 5.26 Å². The number of hydrogen-bond donors (Lipinski definition) is 1. The molecule has 3 nitrogen and oxygen atoms in total. The van der Waals surface area contributed by atoms with Gasteiger partial charge in [0.1, 0.15) is 5.75 Å². The van der Waals surface area contributed by atoms with Crippen molar-refractivity contribution in [2.24, 2.45) is 5.41 Å². The molecule has 0 saturated heterocycles. The van der Waals surface area contributed by atoms with Crippen molar-refractivity contribution in [3.8, 4) is 11.8 Å². The third-order valence-corrected chi connectivity index (χ3v) is 3.38. The number of nitriles is 1. The smallest absolute Gasteiger partial charge is 0.119 e. The SMILES string of the molecule is CCCNC(C)c1ccc(OCCC(C)(C)C#N)cc1. The molecule has 0 radical (unpaired) electrons. The van der Waals surface area contributed by atoms with Gasteiger partial charge in [0.25, 0.3) is 0 Å². The minimum Gasteiger partial charge on any atom is -0.494 e. The van der Waals surface area contributed by atoms with E-state index in [4.69, 9.17) is 10.00 Å². The molecule has 20 heavy (non-hydrogen) atoms. The number of nitrogens with zero attached hydrogens (tertiary/aromatic N) is 1. The van der Waals surface area contributed by atoms with Crippen LogP contribution in [0.3, 0.4) is 0 Å². The van der Waals surface area contributed by atoms with E-state index in [2.05, 4.69) is 37.4 Å². The van der Waals surface area contributed by atoms with Crippen LogP contribution in [0.2, 0.25) is 0 Å². The van der Waals surface area contributed by atoms with Crippen molar-refractivity contribution < 1.29 is 4.74 Å². The van der Waals surface area contributed by atoms with E-state index in [1.54, 1.807) is 0 Å². The molecule has 1 aromatic rings. The molecule has 0 amide bonds. The van der Waals surface area contributed by atoms with Gasteiger partial charge in [0.2, 0.25) is 0 Å². The zero-order valence-corrected chi connectivity index (χ0v) is 13.1. The summed E-state index contributed by atoms with van der Waals surface area (Å²) in [7, 11) is 0. The summed E-state index contributed by atoms with van der Waals surface area (Å²) in [6.45, 7) is 9.80. The Morgan fingerprint density at radius 3 is 2.50 bits per heavy atom. The summed E-state index contributed by atoms with van der Waals surface area (Å²) in [4.78, 5) is 0. The fourth-order valence-electron chi connectivity index (χ4n) is 1.81. The molecular formula is C17H26N2O. The first kappa shape index (κ1) is 16.5. The standard InChI is InChI=1S/C17H26N2O/c1-5-11-19-14(2)15-6-8-16(9-7-15)20-12-10-17(3,4)13-18/h6-9,14,19H,5,10-12H2,1-4H3. The normalized spacial score (nSPS) is 12.8. The van der Waals surface area contributed by atoms with Crippen LogP contribution in [-0.2, 0) is 0 Å². The predicted molar refractivity (Wildman–Crippen MR) is 82.7 cm³/mol. The first-order chi connectivity index (χ1) is 9.48. The molecule has 1 atom stereocenters. The van der Waals surface area contributed by atoms with Crippen molar-refractivity contribution in [3.05, 3.63) is 29.8 Å². The van der Waals surface area contributed by atoms with Gasteiger partial charge in [-0.05, 0) is 57.9 Å². The Balaban J connectivity index is 2.45. The Kier molecular flexibility index (Phi) is 6.54. The molecule has 0 aliphatic rings. The number of ether oxygens (including phenoxy) is 1. The van der Waals surface area contributed by atoms with Gasteiger partial charge in [-0.15, -0.1) is 0 Å². The van der Waals surface area contributed by atoms with Crippen LogP contribution in [0.5, 0.6) is 5.75 Å². The van der Waals surface area contributed by atoms with Gasteiger partial charge < -0.3 is 10.1 Å². The lowest BCUT2D eigenvalue weighted by Gasteiger charge is -2.16. The molecule has 1 aromatic carbocycles. The van der Waals surface area contributed by atoms with E-state index in [1.807, 2.05) is 26.0 Å². The summed E-state index contributed by atoms with van der Waals surface area (Å²) in [5.41, 5.74) is 0.946. The number of nitrogens with one attached hydrogen (secondary N) is 1. The Morgan fingerprint density at radius 2 is 1.95 bits per heavy atom. The highest BCUT2D eigenvalue weighted by atomic mass is 16.5. The second kappa shape index (κ2) is 7.91. The maximum absolute atomic E-state index is 8.95. The van der Waals surface area contributed by atoms with Gasteiger partial charge in [0, 0.05) is 6.04 Å². The lowest BCUT2D eigenvalue weighted by molar-refractivity contribution is 0.264. The van der Waals surface area contributed by atoms with Gasteiger partial charge in [-0.3, -0.25) is 0 Å². The molecule has 3 heteroatoms. The first-order valence-electron chi connectivity index (χ1n) is 7.36.